The van der Waals surface area contributed by atoms with Crippen molar-refractivity contribution in [2.75, 3.05) is 13.2 Å². The summed E-state index contributed by atoms with van der Waals surface area (Å²) in [5.74, 6) is 0.313. The molecule has 0 heterocycles. The van der Waals surface area contributed by atoms with Crippen LogP contribution in [0.25, 0.3) is 4.85 Å². The molecule has 0 N–H and O–H groups in total. The maximum absolute atomic E-state index is 12.4. The quantitative estimate of drug-likeness (QED) is 0.494. The van der Waals surface area contributed by atoms with Gasteiger partial charge in [-0.15, -0.1) is 0 Å². The molecule has 0 aromatic heterocycles. The van der Waals surface area contributed by atoms with Crippen LogP contribution >= 0.6 is 0 Å². The second kappa shape index (κ2) is 4.35. The maximum atomic E-state index is 12.4. The van der Waals surface area contributed by atoms with Gasteiger partial charge in [-0.2, -0.15) is 0 Å². The molecule has 1 aromatic rings. The van der Waals surface area contributed by atoms with Crippen LogP contribution in [0, 0.1) is 12.4 Å². The Bertz CT molecular complexity index is 276. The zero-order valence-corrected chi connectivity index (χ0v) is 6.46. The van der Waals surface area contributed by atoms with Crippen molar-refractivity contribution in [1.29, 1.82) is 0 Å². The lowest BCUT2D eigenvalue weighted by Gasteiger charge is -2.00. The molecule has 0 aliphatic heterocycles. The lowest BCUT2D eigenvalue weighted by molar-refractivity contribution is 0.336. The third kappa shape index (κ3) is 2.59. The van der Waals surface area contributed by atoms with Crippen molar-refractivity contribution in [1.82, 2.24) is 0 Å². The average molecular weight is 165 g/mol. The number of halogens is 1. The summed E-state index contributed by atoms with van der Waals surface area (Å²) in [5.41, 5.74) is 0. The van der Waals surface area contributed by atoms with Crippen molar-refractivity contribution in [2.24, 2.45) is 0 Å². The predicted molar refractivity (Wildman–Crippen MR) is 43.4 cm³/mol. The number of benzene rings is 1. The summed E-state index contributed by atoms with van der Waals surface area (Å²) >= 11 is 0. The molecule has 0 radical (unpaired) electrons. The van der Waals surface area contributed by atoms with Crippen molar-refractivity contribution in [2.45, 2.75) is 0 Å². The second-order valence-corrected chi connectivity index (χ2v) is 2.18. The maximum Gasteiger partial charge on any atom is 0.248 e. The normalized spacial score (nSPS) is 9.00. The molecule has 12 heavy (non-hydrogen) atoms. The lowest BCUT2D eigenvalue weighted by Crippen LogP contribution is -1.98. The Balaban J connectivity index is 2.43. The van der Waals surface area contributed by atoms with E-state index in [1.54, 1.807) is 12.1 Å². The van der Waals surface area contributed by atoms with Gasteiger partial charge >= 0.3 is 0 Å². The van der Waals surface area contributed by atoms with Gasteiger partial charge in [-0.05, 0) is 24.3 Å². The van der Waals surface area contributed by atoms with E-state index in [0.717, 1.165) is 0 Å². The number of hydrogen-bond donors (Lipinski definition) is 0. The first-order valence-electron chi connectivity index (χ1n) is 3.54. The molecule has 1 aromatic carbocycles. The van der Waals surface area contributed by atoms with Gasteiger partial charge in [0.05, 0.1) is 0 Å². The average Bonchev–Trinajstić information content (AvgIpc) is 2.09. The molecule has 0 atom stereocenters. The minimum absolute atomic E-state index is 0.285. The SMILES string of the molecule is [C-]#[N+]CCOc1ccc(F)cc1. The van der Waals surface area contributed by atoms with Crippen molar-refractivity contribution in [3.8, 4) is 5.75 Å². The summed E-state index contributed by atoms with van der Waals surface area (Å²) in [6.07, 6.45) is 0. The van der Waals surface area contributed by atoms with Crippen LogP contribution in [0.4, 0.5) is 4.39 Å². The van der Waals surface area contributed by atoms with E-state index in [9.17, 15) is 4.39 Å². The van der Waals surface area contributed by atoms with Crippen molar-refractivity contribution >= 4 is 0 Å². The minimum Gasteiger partial charge on any atom is -0.486 e. The number of nitrogens with zero attached hydrogens (tertiary/aromatic N) is 1. The molecule has 0 saturated carbocycles. The minimum atomic E-state index is -0.285. The first-order chi connectivity index (χ1) is 5.83. The van der Waals surface area contributed by atoms with Crippen molar-refractivity contribution < 1.29 is 9.13 Å². The molecule has 0 aliphatic carbocycles. The lowest BCUT2D eigenvalue weighted by atomic mass is 10.3. The zero-order valence-electron chi connectivity index (χ0n) is 6.46. The predicted octanol–water partition coefficient (Wildman–Crippen LogP) is 2.12. The smallest absolute Gasteiger partial charge is 0.248 e. The summed E-state index contributed by atoms with van der Waals surface area (Å²) in [4.78, 5) is 3.12. The van der Waals surface area contributed by atoms with E-state index in [1.807, 2.05) is 0 Å². The van der Waals surface area contributed by atoms with E-state index >= 15 is 0 Å². The molecule has 0 bridgehead atoms. The first kappa shape index (κ1) is 8.54. The van der Waals surface area contributed by atoms with E-state index in [2.05, 4.69) is 4.85 Å². The van der Waals surface area contributed by atoms with Gasteiger partial charge in [0.25, 0.3) is 0 Å². The first-order valence-corrected chi connectivity index (χ1v) is 3.54. The molecular formula is C9H8FNO. The van der Waals surface area contributed by atoms with Gasteiger partial charge in [0.1, 0.15) is 11.6 Å². The summed E-state index contributed by atoms with van der Waals surface area (Å²) in [6.45, 7) is 7.17. The molecule has 2 nitrogen and oxygen atoms in total. The zero-order chi connectivity index (χ0) is 8.81. The largest absolute Gasteiger partial charge is 0.486 e. The third-order valence-electron chi connectivity index (χ3n) is 1.29. The van der Waals surface area contributed by atoms with Gasteiger partial charge in [0.2, 0.25) is 6.54 Å². The van der Waals surface area contributed by atoms with E-state index in [-0.39, 0.29) is 5.82 Å². The second-order valence-electron chi connectivity index (χ2n) is 2.18. The van der Waals surface area contributed by atoms with E-state index in [4.69, 9.17) is 11.3 Å². The van der Waals surface area contributed by atoms with Gasteiger partial charge in [0, 0.05) is 0 Å². The van der Waals surface area contributed by atoms with Crippen LogP contribution in [0.3, 0.4) is 0 Å². The molecule has 3 heteroatoms. The molecule has 0 saturated heterocycles. The molecule has 0 aliphatic rings. The number of ether oxygens (including phenoxy) is 1. The standard InChI is InChI=1S/C9H8FNO/c1-11-6-7-12-9-4-2-8(10)3-5-9/h2-5H,6-7H2. The third-order valence-corrected chi connectivity index (χ3v) is 1.29. The van der Waals surface area contributed by atoms with Crippen molar-refractivity contribution in [3.63, 3.8) is 0 Å². The van der Waals surface area contributed by atoms with Crippen LogP contribution in [0.1, 0.15) is 0 Å². The molecular weight excluding hydrogens is 157 g/mol. The summed E-state index contributed by atoms with van der Waals surface area (Å²) in [6, 6.07) is 5.74. The van der Waals surface area contributed by atoms with Crippen LogP contribution in [0.5, 0.6) is 5.75 Å². The molecule has 0 unspecified atom stereocenters. The highest BCUT2D eigenvalue weighted by Gasteiger charge is 1.94. The van der Waals surface area contributed by atoms with Crippen LogP contribution in [0.15, 0.2) is 24.3 Å². The summed E-state index contributed by atoms with van der Waals surface area (Å²) in [7, 11) is 0. The van der Waals surface area contributed by atoms with Crippen molar-refractivity contribution in [3.05, 3.63) is 41.5 Å². The van der Waals surface area contributed by atoms with Gasteiger partial charge in [-0.1, -0.05) is 0 Å². The highest BCUT2D eigenvalue weighted by Crippen LogP contribution is 2.10. The van der Waals surface area contributed by atoms with Gasteiger partial charge < -0.3 is 9.58 Å². The number of rotatable bonds is 3. The highest BCUT2D eigenvalue weighted by molar-refractivity contribution is 5.21. The Morgan fingerprint density at radius 3 is 2.58 bits per heavy atom. The Morgan fingerprint density at radius 2 is 2.00 bits per heavy atom. The van der Waals surface area contributed by atoms with E-state index in [1.165, 1.54) is 12.1 Å². The molecule has 0 amide bonds. The fourth-order valence-corrected chi connectivity index (χ4v) is 0.740. The Morgan fingerprint density at radius 1 is 1.33 bits per heavy atom. The molecule has 0 spiro atoms. The van der Waals surface area contributed by atoms with Crippen LogP contribution in [-0.4, -0.2) is 13.2 Å². The van der Waals surface area contributed by atoms with Gasteiger partial charge in [0.15, 0.2) is 6.61 Å². The topological polar surface area (TPSA) is 13.6 Å². The van der Waals surface area contributed by atoms with Gasteiger partial charge in [-0.25, -0.2) is 11.0 Å². The molecule has 0 fully saturated rings. The van der Waals surface area contributed by atoms with E-state index < -0.39 is 0 Å². The Kier molecular flexibility index (Phi) is 3.09. The van der Waals surface area contributed by atoms with Gasteiger partial charge in [-0.3, -0.25) is 0 Å². The fourth-order valence-electron chi connectivity index (χ4n) is 0.740. The van der Waals surface area contributed by atoms with E-state index in [0.29, 0.717) is 18.9 Å². The fraction of sp³-hybridized carbons (Fsp3) is 0.222. The Hall–Kier alpha value is -1.56. The Labute approximate surface area is 70.4 Å². The van der Waals surface area contributed by atoms with Crippen LogP contribution in [0.2, 0.25) is 0 Å². The van der Waals surface area contributed by atoms with Crippen LogP contribution < -0.4 is 4.74 Å². The van der Waals surface area contributed by atoms with Crippen LogP contribution in [-0.2, 0) is 0 Å². The molecule has 1 rings (SSSR count). The highest BCUT2D eigenvalue weighted by atomic mass is 19.1. The summed E-state index contributed by atoms with van der Waals surface area (Å²) in [5, 5.41) is 0. The monoisotopic (exact) mass is 165 g/mol. The molecule has 62 valence electrons. The number of hydrogen-bond acceptors (Lipinski definition) is 1. The summed E-state index contributed by atoms with van der Waals surface area (Å²) < 4.78 is 17.5.